The number of hydrogen-bond donors (Lipinski definition) is 3. The van der Waals surface area contributed by atoms with Crippen LogP contribution in [0.5, 0.6) is 23.0 Å². The number of nitrogen functional groups attached to an aromatic ring is 1. The minimum Gasteiger partial charge on any atom is -0.506 e. The van der Waals surface area contributed by atoms with E-state index in [2.05, 4.69) is 12.2 Å². The number of aromatic hydroxyl groups is 1. The molecule has 7 heteroatoms. The van der Waals surface area contributed by atoms with Gasteiger partial charge in [-0.25, -0.2) is 0 Å². The van der Waals surface area contributed by atoms with E-state index in [9.17, 15) is 9.90 Å². The number of carbonyl (C=O) groups is 1. The molecule has 0 bridgehead atoms. The van der Waals surface area contributed by atoms with E-state index in [4.69, 9.17) is 19.9 Å². The molecule has 218 valence electrons. The van der Waals surface area contributed by atoms with Crippen LogP contribution in [0.1, 0.15) is 104 Å². The summed E-state index contributed by atoms with van der Waals surface area (Å²) in [5.41, 5.74) is 6.69. The van der Waals surface area contributed by atoms with Gasteiger partial charge in [0.1, 0.15) is 24.7 Å². The van der Waals surface area contributed by atoms with Crippen molar-refractivity contribution in [3.63, 3.8) is 0 Å². The van der Waals surface area contributed by atoms with E-state index in [0.717, 1.165) is 12.8 Å². The van der Waals surface area contributed by atoms with E-state index in [1.165, 1.54) is 90.0 Å². The van der Waals surface area contributed by atoms with Crippen molar-refractivity contribution in [1.82, 2.24) is 0 Å². The summed E-state index contributed by atoms with van der Waals surface area (Å²) in [4.78, 5) is 11.5. The number of carbonyl (C=O) groups excluding carboxylic acids is 1. The Bertz CT molecular complexity index is 950. The highest BCUT2D eigenvalue weighted by Crippen LogP contribution is 2.38. The van der Waals surface area contributed by atoms with Crippen LogP contribution in [0.2, 0.25) is 0 Å². The molecule has 7 nitrogen and oxygen atoms in total. The molecule has 2 aromatic carbocycles. The lowest BCUT2D eigenvalue weighted by atomic mass is 10.0. The number of ether oxygens (including phenoxy) is 3. The Balaban J connectivity index is 1.67. The van der Waals surface area contributed by atoms with Crippen molar-refractivity contribution < 1.29 is 24.1 Å². The molecule has 0 aromatic heterocycles. The number of nitrogens with two attached hydrogens (primary N) is 1. The molecule has 2 aromatic rings. The van der Waals surface area contributed by atoms with Gasteiger partial charge in [0.2, 0.25) is 5.91 Å². The number of phenolic OH excluding ortho intramolecular Hbond substituents is 1. The molecule has 4 N–H and O–H groups in total. The van der Waals surface area contributed by atoms with Crippen molar-refractivity contribution in [1.29, 1.82) is 0 Å². The fourth-order valence-corrected chi connectivity index (χ4v) is 4.46. The fraction of sp³-hybridized carbons (Fsp3) is 0.594. The summed E-state index contributed by atoms with van der Waals surface area (Å²) in [6.45, 7) is 4.75. The van der Waals surface area contributed by atoms with E-state index >= 15 is 0 Å². The van der Waals surface area contributed by atoms with Crippen LogP contribution in [0.3, 0.4) is 0 Å². The number of benzene rings is 2. The van der Waals surface area contributed by atoms with Gasteiger partial charge in [-0.05, 0) is 18.6 Å². The normalized spacial score (nSPS) is 10.8. The molecule has 0 radical (unpaired) electrons. The lowest BCUT2D eigenvalue weighted by molar-refractivity contribution is -0.114. The van der Waals surface area contributed by atoms with Gasteiger partial charge in [-0.1, -0.05) is 96.5 Å². The molecule has 0 aliphatic rings. The summed E-state index contributed by atoms with van der Waals surface area (Å²) < 4.78 is 17.6. The molecule has 0 atom stereocenters. The number of hydrogen-bond acceptors (Lipinski definition) is 6. The molecule has 0 fully saturated rings. The third-order valence-corrected chi connectivity index (χ3v) is 6.60. The third-order valence-electron chi connectivity index (χ3n) is 6.60. The van der Waals surface area contributed by atoms with E-state index in [-0.39, 0.29) is 24.0 Å². The average molecular weight is 543 g/mol. The highest BCUT2D eigenvalue weighted by Gasteiger charge is 2.13. The molecular formula is C32H50N2O5. The van der Waals surface area contributed by atoms with E-state index in [0.29, 0.717) is 36.1 Å². The quantitative estimate of drug-likeness (QED) is 0.0786. The lowest BCUT2D eigenvalue weighted by Gasteiger charge is -2.16. The molecular weight excluding hydrogens is 492 g/mol. The maximum Gasteiger partial charge on any atom is 0.221 e. The first-order valence-corrected chi connectivity index (χ1v) is 14.9. The van der Waals surface area contributed by atoms with Crippen molar-refractivity contribution in [2.75, 3.05) is 30.9 Å². The Kier molecular flexibility index (Phi) is 16.4. The molecule has 0 saturated carbocycles. The van der Waals surface area contributed by atoms with Gasteiger partial charge in [-0.2, -0.15) is 0 Å². The first kappa shape index (κ1) is 32.1. The van der Waals surface area contributed by atoms with Crippen LogP contribution in [0.15, 0.2) is 36.4 Å². The summed E-state index contributed by atoms with van der Waals surface area (Å²) in [5, 5.41) is 13.0. The number of nitrogens with one attached hydrogen (secondary N) is 1. The summed E-state index contributed by atoms with van der Waals surface area (Å²) in [6, 6.07) is 10.3. The number of phenols is 1. The predicted octanol–water partition coefficient (Wildman–Crippen LogP) is 8.25. The van der Waals surface area contributed by atoms with Gasteiger partial charge in [-0.15, -0.1) is 0 Å². The monoisotopic (exact) mass is 542 g/mol. The Hall–Kier alpha value is -3.09. The van der Waals surface area contributed by atoms with Crippen LogP contribution < -0.4 is 25.3 Å². The summed E-state index contributed by atoms with van der Waals surface area (Å²) in [6.07, 6.45) is 18.2. The smallest absolute Gasteiger partial charge is 0.221 e. The first-order chi connectivity index (χ1) is 19.0. The van der Waals surface area contributed by atoms with Crippen LogP contribution in [0.25, 0.3) is 0 Å². The van der Waals surface area contributed by atoms with Crippen molar-refractivity contribution in [2.24, 2.45) is 0 Å². The SMILES string of the molecule is CCCCCCCCCCCCCCCCOc1cc(O)c(NC(C)=O)cc1OCCOc1cccc(N)c1. The van der Waals surface area contributed by atoms with Crippen molar-refractivity contribution in [3.8, 4) is 23.0 Å². The minimum absolute atomic E-state index is 0.0653. The Labute approximate surface area is 235 Å². The van der Waals surface area contributed by atoms with E-state index < -0.39 is 0 Å². The third kappa shape index (κ3) is 14.6. The predicted molar refractivity (Wildman–Crippen MR) is 160 cm³/mol. The molecule has 0 saturated heterocycles. The highest BCUT2D eigenvalue weighted by molar-refractivity contribution is 5.91. The number of amides is 1. The number of rotatable bonds is 22. The topological polar surface area (TPSA) is 103 Å². The Morgan fingerprint density at radius 3 is 1.87 bits per heavy atom. The van der Waals surface area contributed by atoms with Crippen LogP contribution in [0, 0.1) is 0 Å². The molecule has 0 aliphatic carbocycles. The minimum atomic E-state index is -0.280. The van der Waals surface area contributed by atoms with Crippen LogP contribution in [-0.2, 0) is 4.79 Å². The lowest BCUT2D eigenvalue weighted by Crippen LogP contribution is -2.11. The fourth-order valence-electron chi connectivity index (χ4n) is 4.46. The van der Waals surface area contributed by atoms with Crippen LogP contribution >= 0.6 is 0 Å². The second-order valence-electron chi connectivity index (χ2n) is 10.2. The number of anilines is 2. The van der Waals surface area contributed by atoms with Gasteiger partial charge in [0.05, 0.1) is 12.3 Å². The highest BCUT2D eigenvalue weighted by atomic mass is 16.5. The largest absolute Gasteiger partial charge is 0.506 e. The van der Waals surface area contributed by atoms with Crippen LogP contribution in [0.4, 0.5) is 11.4 Å². The summed E-state index contributed by atoms with van der Waals surface area (Å²) in [7, 11) is 0. The zero-order valence-electron chi connectivity index (χ0n) is 24.1. The molecule has 0 unspecified atom stereocenters. The van der Waals surface area contributed by atoms with Gasteiger partial charge in [0.25, 0.3) is 0 Å². The molecule has 1 amide bonds. The standard InChI is InChI=1S/C32H50N2O5/c1-3-4-5-6-7-8-9-10-11-12-13-14-15-16-20-38-32-25-30(36)29(34-26(2)35)24-31(32)39-22-21-37-28-19-17-18-27(33)23-28/h17-19,23-25,36H,3-16,20-22,33H2,1-2H3,(H,34,35). The van der Waals surface area contributed by atoms with E-state index in [1.807, 2.05) is 12.1 Å². The molecule has 0 spiro atoms. The maximum absolute atomic E-state index is 11.5. The molecule has 39 heavy (non-hydrogen) atoms. The van der Waals surface area contributed by atoms with Crippen molar-refractivity contribution in [2.45, 2.75) is 104 Å². The summed E-state index contributed by atoms with van der Waals surface area (Å²) in [5.74, 6) is 1.21. The summed E-state index contributed by atoms with van der Waals surface area (Å²) >= 11 is 0. The Morgan fingerprint density at radius 1 is 0.744 bits per heavy atom. The maximum atomic E-state index is 11.5. The van der Waals surface area contributed by atoms with E-state index in [1.54, 1.807) is 18.2 Å². The molecule has 0 heterocycles. The van der Waals surface area contributed by atoms with Crippen molar-refractivity contribution in [3.05, 3.63) is 36.4 Å². The van der Waals surface area contributed by atoms with Crippen molar-refractivity contribution >= 4 is 17.3 Å². The van der Waals surface area contributed by atoms with Gasteiger partial charge in [0.15, 0.2) is 11.5 Å². The zero-order valence-corrected chi connectivity index (χ0v) is 24.1. The van der Waals surface area contributed by atoms with Gasteiger partial charge < -0.3 is 30.4 Å². The second kappa shape index (κ2) is 19.9. The van der Waals surface area contributed by atoms with Gasteiger partial charge in [0, 0.05) is 30.8 Å². The van der Waals surface area contributed by atoms with Crippen LogP contribution in [-0.4, -0.2) is 30.8 Å². The van der Waals surface area contributed by atoms with Gasteiger partial charge in [-0.3, -0.25) is 4.79 Å². The number of unbranched alkanes of at least 4 members (excludes halogenated alkanes) is 13. The first-order valence-electron chi connectivity index (χ1n) is 14.9. The second-order valence-corrected chi connectivity index (χ2v) is 10.2. The molecule has 2 rings (SSSR count). The Morgan fingerprint density at radius 2 is 1.28 bits per heavy atom. The van der Waals surface area contributed by atoms with Gasteiger partial charge >= 0.3 is 0 Å². The molecule has 0 aliphatic heterocycles. The average Bonchev–Trinajstić information content (AvgIpc) is 2.90. The zero-order chi connectivity index (χ0) is 28.1.